The van der Waals surface area contributed by atoms with E-state index in [0.717, 1.165) is 77.0 Å². The van der Waals surface area contributed by atoms with Crippen LogP contribution >= 0.6 is 7.82 Å². The predicted molar refractivity (Wildman–Crippen MR) is 272 cm³/mol. The molecule has 10 N–H and O–H groups in total. The number of unbranched alkanes of at least 4 members (excludes halogenated alkanes) is 24. The van der Waals surface area contributed by atoms with E-state index in [4.69, 9.17) is 23.5 Å². The third kappa shape index (κ3) is 28.9. The largest absolute Gasteiger partial charge is 0.470 e. The molecule has 72 heavy (non-hydrogen) atoms. The van der Waals surface area contributed by atoms with Gasteiger partial charge in [0.05, 0.1) is 32.2 Å². The van der Waals surface area contributed by atoms with E-state index in [1.54, 1.807) is 0 Å². The zero-order chi connectivity index (χ0) is 53.2. The zero-order valence-corrected chi connectivity index (χ0v) is 45.1. The maximum absolute atomic E-state index is 13.8. The molecule has 0 spiro atoms. The van der Waals surface area contributed by atoms with E-state index in [9.17, 15) is 59.4 Å². The number of nitrogens with one attached hydrogen (secondary N) is 2. The van der Waals surface area contributed by atoms with Gasteiger partial charge < -0.3 is 70.0 Å². The molecule has 2 rings (SSSR count). The van der Waals surface area contributed by atoms with Crippen molar-refractivity contribution >= 4 is 25.6 Å². The molecule has 2 saturated heterocycles. The minimum atomic E-state index is -5.30. The Morgan fingerprint density at radius 3 is 1.53 bits per heavy atom. The Bertz CT molecular complexity index is 1460. The Kier molecular flexibility index (Phi) is 36.4. The minimum Gasteiger partial charge on any atom is -0.462 e. The van der Waals surface area contributed by atoms with Gasteiger partial charge in [-0.05, 0) is 25.7 Å². The normalized spacial score (nSPS) is 25.5. The molecular weight excluding hydrogens is 956 g/mol. The summed E-state index contributed by atoms with van der Waals surface area (Å²) in [7, 11) is -5.30. The number of amides is 2. The van der Waals surface area contributed by atoms with Gasteiger partial charge in [-0.25, -0.2) is 4.57 Å². The van der Waals surface area contributed by atoms with E-state index >= 15 is 0 Å². The van der Waals surface area contributed by atoms with E-state index in [-0.39, 0.29) is 19.3 Å². The van der Waals surface area contributed by atoms with Gasteiger partial charge in [0.25, 0.3) is 0 Å². The Hall–Kier alpha value is -1.84. The molecule has 2 aliphatic rings. The number of carbonyl (C=O) groups is 3. The van der Waals surface area contributed by atoms with Crippen LogP contribution in [0.3, 0.4) is 0 Å². The van der Waals surface area contributed by atoms with Crippen molar-refractivity contribution in [1.82, 2.24) is 10.6 Å². The zero-order valence-electron chi connectivity index (χ0n) is 44.2. The summed E-state index contributed by atoms with van der Waals surface area (Å²) in [6, 6.07) is -3.12. The van der Waals surface area contributed by atoms with Crippen LogP contribution in [0.25, 0.3) is 0 Å². The monoisotopic (exact) mass is 1050 g/mol. The number of hydrogen-bond acceptors (Lipinski definition) is 15. The molecule has 20 heteroatoms. The minimum absolute atomic E-state index is 0.189. The summed E-state index contributed by atoms with van der Waals surface area (Å²) >= 11 is 0. The first kappa shape index (κ1) is 66.3. The molecule has 424 valence electrons. The average molecular weight is 1060 g/mol. The van der Waals surface area contributed by atoms with Crippen molar-refractivity contribution in [3.63, 3.8) is 0 Å². The summed E-state index contributed by atoms with van der Waals surface area (Å²) in [6.07, 6.45) is 13.6. The first-order chi connectivity index (χ1) is 34.5. The summed E-state index contributed by atoms with van der Waals surface area (Å²) in [5, 5.41) is 70.1. The van der Waals surface area contributed by atoms with E-state index in [1.807, 2.05) is 0 Å². The predicted octanol–water partition coefficient (Wildman–Crippen LogP) is 6.78. The van der Waals surface area contributed by atoms with Gasteiger partial charge in [0, 0.05) is 6.42 Å². The van der Waals surface area contributed by atoms with Crippen LogP contribution in [0.5, 0.6) is 0 Å². The molecule has 19 nitrogen and oxygen atoms in total. The molecule has 0 bridgehead atoms. The lowest BCUT2D eigenvalue weighted by Crippen LogP contribution is -2.67. The molecule has 12 atom stereocenters. The van der Waals surface area contributed by atoms with Crippen LogP contribution in [0, 0.1) is 0 Å². The molecule has 2 aliphatic heterocycles. The van der Waals surface area contributed by atoms with Crippen molar-refractivity contribution in [3.05, 3.63) is 0 Å². The fourth-order valence-electron chi connectivity index (χ4n) is 9.49. The molecule has 2 fully saturated rings. The number of aliphatic hydroxyl groups is 6. The molecule has 0 saturated carbocycles. The second-order valence-corrected chi connectivity index (χ2v) is 21.5. The molecule has 2 heterocycles. The molecule has 10 unspecified atom stereocenters. The molecule has 2 amide bonds. The number of ether oxygens (including phenoxy) is 4. The maximum atomic E-state index is 13.8. The van der Waals surface area contributed by atoms with Gasteiger partial charge in [-0.3, -0.25) is 18.9 Å². The highest BCUT2D eigenvalue weighted by molar-refractivity contribution is 7.46. The molecule has 0 aromatic carbocycles. The van der Waals surface area contributed by atoms with Gasteiger partial charge >= 0.3 is 13.8 Å². The number of esters is 1. The highest BCUT2D eigenvalue weighted by Gasteiger charge is 2.51. The number of rotatable bonds is 43. The smallest absolute Gasteiger partial charge is 0.462 e. The molecular formula is C52H99N2O17P. The SMILES string of the molecule is CCCCCCCCCCCC(=O)O[C@H](CCCCCCCCCCC)CC(=O)NC1C(OCC2OC(O)C(NC(=O)C[C@H](O)CCCCCCCCCCC)C(O)C2O)OC(CO)C(OP(=O)(O)O)C1O. The summed E-state index contributed by atoms with van der Waals surface area (Å²) < 4.78 is 39.8. The summed E-state index contributed by atoms with van der Waals surface area (Å²) in [5.41, 5.74) is 0. The first-order valence-electron chi connectivity index (χ1n) is 28.0. The van der Waals surface area contributed by atoms with Gasteiger partial charge in [0.1, 0.15) is 54.8 Å². The molecule has 0 radical (unpaired) electrons. The Balaban J connectivity index is 2.08. The third-order valence-corrected chi connectivity index (χ3v) is 14.3. The van der Waals surface area contributed by atoms with Crippen LogP contribution < -0.4 is 10.6 Å². The van der Waals surface area contributed by atoms with E-state index < -0.39 is 112 Å². The average Bonchev–Trinajstić information content (AvgIpc) is 3.33. The molecule has 0 aromatic heterocycles. The van der Waals surface area contributed by atoms with Crippen molar-refractivity contribution < 1.29 is 82.8 Å². The topological polar surface area (TPSA) is 300 Å². The Morgan fingerprint density at radius 2 is 1.03 bits per heavy atom. The van der Waals surface area contributed by atoms with Gasteiger partial charge in [-0.15, -0.1) is 0 Å². The number of aliphatic hydroxyl groups excluding tert-OH is 6. The Labute approximate surface area is 430 Å². The van der Waals surface area contributed by atoms with Gasteiger partial charge in [-0.2, -0.15) is 0 Å². The molecule has 0 aliphatic carbocycles. The van der Waals surface area contributed by atoms with Crippen molar-refractivity contribution in [3.8, 4) is 0 Å². The van der Waals surface area contributed by atoms with Crippen LogP contribution in [-0.4, -0.2) is 145 Å². The quantitative estimate of drug-likeness (QED) is 0.0171. The highest BCUT2D eigenvalue weighted by atomic mass is 31.2. The highest BCUT2D eigenvalue weighted by Crippen LogP contribution is 2.41. The van der Waals surface area contributed by atoms with E-state index in [1.165, 1.54) is 83.5 Å². The van der Waals surface area contributed by atoms with Crippen molar-refractivity contribution in [2.45, 2.75) is 300 Å². The van der Waals surface area contributed by atoms with Gasteiger partial charge in [0.2, 0.25) is 11.8 Å². The number of hydrogen-bond donors (Lipinski definition) is 10. The van der Waals surface area contributed by atoms with Gasteiger partial charge in [0.15, 0.2) is 12.6 Å². The summed E-state index contributed by atoms with van der Waals surface area (Å²) in [4.78, 5) is 59.1. The van der Waals surface area contributed by atoms with Crippen molar-refractivity contribution in [2.75, 3.05) is 13.2 Å². The summed E-state index contributed by atoms with van der Waals surface area (Å²) in [5.74, 6) is -1.85. The van der Waals surface area contributed by atoms with E-state index in [2.05, 4.69) is 31.4 Å². The standard InChI is InChI=1S/C52H99N2O17P/c1-4-7-10-13-16-19-22-25-28-31-38(56)34-42(57)53-45-48(61)47(60)41(69-51(45)63)37-67-52-46(49(62)50(40(36-55)70-52)71-72(64,65)66)54-43(58)35-39(32-29-26-23-20-17-14-11-8-5-2)68-44(59)33-30-27-24-21-18-15-12-9-6-3/h38-41,45-52,55-56,60-63H,4-37H2,1-3H3,(H,53,57)(H,54,58)(H2,64,65,66)/t38-,39-,40?,41?,45?,46?,47?,48?,49?,50?,51?,52?/m1/s1. The fraction of sp³-hybridized carbons (Fsp3) is 0.942. The third-order valence-electron chi connectivity index (χ3n) is 13.8. The van der Waals surface area contributed by atoms with Crippen LogP contribution in [0.1, 0.15) is 226 Å². The lowest BCUT2D eigenvalue weighted by atomic mass is 9.95. The van der Waals surface area contributed by atoms with Gasteiger partial charge in [-0.1, -0.05) is 181 Å². The summed E-state index contributed by atoms with van der Waals surface area (Å²) in [6.45, 7) is 4.94. The lowest BCUT2D eigenvalue weighted by molar-refractivity contribution is -0.296. The van der Waals surface area contributed by atoms with Crippen molar-refractivity contribution in [1.29, 1.82) is 0 Å². The van der Waals surface area contributed by atoms with Crippen molar-refractivity contribution in [2.24, 2.45) is 0 Å². The molecule has 0 aromatic rings. The number of phosphoric ester groups is 1. The Morgan fingerprint density at radius 1 is 0.569 bits per heavy atom. The second kappa shape index (κ2) is 39.5. The number of phosphoric acid groups is 1. The lowest BCUT2D eigenvalue weighted by Gasteiger charge is -2.45. The van der Waals surface area contributed by atoms with Crippen LogP contribution in [-0.2, 0) is 42.4 Å². The van der Waals surface area contributed by atoms with Crippen LogP contribution in [0.15, 0.2) is 0 Å². The number of carbonyl (C=O) groups excluding carboxylic acids is 3. The van der Waals surface area contributed by atoms with E-state index in [0.29, 0.717) is 25.7 Å². The first-order valence-corrected chi connectivity index (χ1v) is 29.5. The van der Waals surface area contributed by atoms with Crippen LogP contribution in [0.4, 0.5) is 0 Å². The fourth-order valence-corrected chi connectivity index (χ4v) is 10.1. The second-order valence-electron chi connectivity index (χ2n) is 20.3. The van der Waals surface area contributed by atoms with Crippen LogP contribution in [0.2, 0.25) is 0 Å². The maximum Gasteiger partial charge on any atom is 0.470 e.